The van der Waals surface area contributed by atoms with Gasteiger partial charge in [0.05, 0.1) is 16.6 Å². The van der Waals surface area contributed by atoms with Crippen LogP contribution in [0.1, 0.15) is 27.5 Å². The molecule has 2 fully saturated rings. The minimum absolute atomic E-state index is 0.0230. The lowest BCUT2D eigenvalue weighted by Crippen LogP contribution is -2.35. The van der Waals surface area contributed by atoms with E-state index in [0.29, 0.717) is 23.9 Å². The molecule has 5 heteroatoms. The summed E-state index contributed by atoms with van der Waals surface area (Å²) in [5.74, 6) is 0.282. The highest BCUT2D eigenvalue weighted by Gasteiger charge is 2.47. The summed E-state index contributed by atoms with van der Waals surface area (Å²) in [6.07, 6.45) is 0. The number of likely N-dealkylation sites (tertiary alicyclic amines) is 1. The fourth-order valence-corrected chi connectivity index (χ4v) is 4.51. The number of carbonyl (C=O) groups is 1. The molecule has 2 heterocycles. The maximum Gasteiger partial charge on any atom is 0.255 e. The molecular formula is C20H20ClFN2O. The second kappa shape index (κ2) is 6.43. The fraction of sp³-hybridized carbons (Fsp3) is 0.350. The first-order valence-electron chi connectivity index (χ1n) is 8.58. The zero-order valence-electron chi connectivity index (χ0n) is 14.0. The fourth-order valence-electron chi connectivity index (χ4n) is 4.26. The number of benzene rings is 2. The smallest absolute Gasteiger partial charge is 0.255 e. The Hall–Kier alpha value is -1.91. The summed E-state index contributed by atoms with van der Waals surface area (Å²) in [5.41, 5.74) is 2.74. The second-order valence-electron chi connectivity index (χ2n) is 6.97. The van der Waals surface area contributed by atoms with Gasteiger partial charge in [0, 0.05) is 25.6 Å². The SMILES string of the molecule is Cc1ccccc1[C@@H]1[C@H]2CNC[C@H]2CN1C(=O)c1ccc(F)cc1Cl. The first-order chi connectivity index (χ1) is 12.1. The van der Waals surface area contributed by atoms with Crippen LogP contribution >= 0.6 is 11.6 Å². The van der Waals surface area contributed by atoms with Crippen molar-refractivity contribution in [2.24, 2.45) is 11.8 Å². The van der Waals surface area contributed by atoms with Crippen LogP contribution in [0, 0.1) is 24.6 Å². The predicted octanol–water partition coefficient (Wildman–Crippen LogP) is 3.82. The topological polar surface area (TPSA) is 32.3 Å². The number of hydrogen-bond acceptors (Lipinski definition) is 2. The number of fused-ring (bicyclic) bond motifs is 1. The van der Waals surface area contributed by atoms with Crippen LogP contribution in [0.2, 0.25) is 5.02 Å². The van der Waals surface area contributed by atoms with Crippen LogP contribution < -0.4 is 5.32 Å². The molecule has 3 nitrogen and oxygen atoms in total. The molecule has 2 aliphatic rings. The summed E-state index contributed by atoms with van der Waals surface area (Å²) in [7, 11) is 0. The third kappa shape index (κ3) is 2.83. The monoisotopic (exact) mass is 358 g/mol. The first-order valence-corrected chi connectivity index (χ1v) is 8.96. The van der Waals surface area contributed by atoms with Crippen LogP contribution in [-0.4, -0.2) is 30.4 Å². The normalized spacial score (nSPS) is 25.2. The number of carbonyl (C=O) groups excluding carboxylic acids is 1. The average molecular weight is 359 g/mol. The van der Waals surface area contributed by atoms with Crippen LogP contribution in [0.3, 0.4) is 0 Å². The second-order valence-corrected chi connectivity index (χ2v) is 7.37. The molecule has 0 saturated carbocycles. The van der Waals surface area contributed by atoms with Gasteiger partial charge in [0.2, 0.25) is 0 Å². The quantitative estimate of drug-likeness (QED) is 0.885. The van der Waals surface area contributed by atoms with Crippen molar-refractivity contribution >= 4 is 17.5 Å². The molecule has 2 aromatic rings. The van der Waals surface area contributed by atoms with Gasteiger partial charge in [0.25, 0.3) is 5.91 Å². The Balaban J connectivity index is 1.74. The van der Waals surface area contributed by atoms with Crippen LogP contribution in [-0.2, 0) is 0 Å². The van der Waals surface area contributed by atoms with E-state index in [1.807, 2.05) is 17.0 Å². The first kappa shape index (κ1) is 16.6. The molecule has 2 aromatic carbocycles. The summed E-state index contributed by atoms with van der Waals surface area (Å²) in [6.45, 7) is 4.61. The van der Waals surface area contributed by atoms with Crippen LogP contribution in [0.15, 0.2) is 42.5 Å². The molecule has 2 aliphatic heterocycles. The van der Waals surface area contributed by atoms with Crippen molar-refractivity contribution in [2.45, 2.75) is 13.0 Å². The Kier molecular flexibility index (Phi) is 4.26. The summed E-state index contributed by atoms with van der Waals surface area (Å²) >= 11 is 6.15. The van der Waals surface area contributed by atoms with Crippen molar-refractivity contribution in [1.29, 1.82) is 0 Å². The van der Waals surface area contributed by atoms with Crippen molar-refractivity contribution in [3.05, 3.63) is 70.0 Å². The standard InChI is InChI=1S/C20H20ClFN2O/c1-12-4-2-3-5-15(12)19-17-10-23-9-13(17)11-24(19)20(25)16-7-6-14(22)8-18(16)21/h2-8,13,17,19,23H,9-11H2,1H3/t13-,17-,19+/m0/s1. The molecule has 0 spiro atoms. The van der Waals surface area contributed by atoms with Gasteiger partial charge < -0.3 is 10.2 Å². The molecule has 4 rings (SSSR count). The van der Waals surface area contributed by atoms with Crippen LogP contribution in [0.25, 0.3) is 0 Å². The Morgan fingerprint density at radius 2 is 2.04 bits per heavy atom. The van der Waals surface area contributed by atoms with E-state index in [1.54, 1.807) is 0 Å². The highest BCUT2D eigenvalue weighted by Crippen LogP contribution is 2.44. The molecule has 0 unspecified atom stereocenters. The van der Waals surface area contributed by atoms with Crippen molar-refractivity contribution in [1.82, 2.24) is 10.2 Å². The molecule has 25 heavy (non-hydrogen) atoms. The van der Waals surface area contributed by atoms with E-state index in [1.165, 1.54) is 29.3 Å². The Bertz CT molecular complexity index is 825. The van der Waals surface area contributed by atoms with Gasteiger partial charge in [-0.1, -0.05) is 35.9 Å². The lowest BCUT2D eigenvalue weighted by atomic mass is 9.87. The maximum absolute atomic E-state index is 13.4. The van der Waals surface area contributed by atoms with E-state index in [4.69, 9.17) is 11.6 Å². The Morgan fingerprint density at radius 1 is 1.24 bits per heavy atom. The molecular weight excluding hydrogens is 339 g/mol. The zero-order chi connectivity index (χ0) is 17.6. The zero-order valence-corrected chi connectivity index (χ0v) is 14.8. The molecule has 130 valence electrons. The van der Waals surface area contributed by atoms with E-state index in [2.05, 4.69) is 24.4 Å². The third-order valence-corrected chi connectivity index (χ3v) is 5.81. The molecule has 1 amide bonds. The van der Waals surface area contributed by atoms with E-state index in [9.17, 15) is 9.18 Å². The lowest BCUT2D eigenvalue weighted by Gasteiger charge is -2.30. The minimum atomic E-state index is -0.431. The third-order valence-electron chi connectivity index (χ3n) is 5.49. The summed E-state index contributed by atoms with van der Waals surface area (Å²) in [5, 5.41) is 3.62. The van der Waals surface area contributed by atoms with Crippen LogP contribution in [0.4, 0.5) is 4.39 Å². The van der Waals surface area contributed by atoms with Crippen molar-refractivity contribution < 1.29 is 9.18 Å². The summed E-state index contributed by atoms with van der Waals surface area (Å²) < 4.78 is 13.4. The van der Waals surface area contributed by atoms with Gasteiger partial charge in [0.15, 0.2) is 0 Å². The van der Waals surface area contributed by atoms with Gasteiger partial charge in [-0.25, -0.2) is 4.39 Å². The predicted molar refractivity (Wildman–Crippen MR) is 96.2 cm³/mol. The number of amides is 1. The highest BCUT2D eigenvalue weighted by atomic mass is 35.5. The van der Waals surface area contributed by atoms with Gasteiger partial charge in [-0.05, 0) is 42.2 Å². The highest BCUT2D eigenvalue weighted by molar-refractivity contribution is 6.33. The number of rotatable bonds is 2. The van der Waals surface area contributed by atoms with Gasteiger partial charge in [-0.15, -0.1) is 0 Å². The lowest BCUT2D eigenvalue weighted by molar-refractivity contribution is 0.0714. The molecule has 0 bridgehead atoms. The number of nitrogens with one attached hydrogen (secondary N) is 1. The molecule has 0 aromatic heterocycles. The van der Waals surface area contributed by atoms with Crippen molar-refractivity contribution in [2.75, 3.05) is 19.6 Å². The molecule has 3 atom stereocenters. The number of nitrogens with zero attached hydrogens (tertiary/aromatic N) is 1. The Labute approximate surface area is 151 Å². The number of halogens is 2. The van der Waals surface area contributed by atoms with Crippen molar-refractivity contribution in [3.63, 3.8) is 0 Å². The summed E-state index contributed by atoms with van der Waals surface area (Å²) in [4.78, 5) is 15.1. The summed E-state index contributed by atoms with van der Waals surface area (Å²) in [6, 6.07) is 12.2. The number of aryl methyl sites for hydroxylation is 1. The Morgan fingerprint density at radius 3 is 2.80 bits per heavy atom. The molecule has 0 radical (unpaired) electrons. The number of hydrogen-bond donors (Lipinski definition) is 1. The molecule has 1 N–H and O–H groups in total. The van der Waals surface area contributed by atoms with E-state index in [-0.39, 0.29) is 17.0 Å². The molecule has 0 aliphatic carbocycles. The molecule has 2 saturated heterocycles. The maximum atomic E-state index is 13.4. The van der Waals surface area contributed by atoms with Crippen LogP contribution in [0.5, 0.6) is 0 Å². The van der Waals surface area contributed by atoms with Gasteiger partial charge in [0.1, 0.15) is 5.82 Å². The van der Waals surface area contributed by atoms with Gasteiger partial charge >= 0.3 is 0 Å². The van der Waals surface area contributed by atoms with E-state index >= 15 is 0 Å². The van der Waals surface area contributed by atoms with Gasteiger partial charge in [-0.3, -0.25) is 4.79 Å². The van der Waals surface area contributed by atoms with E-state index in [0.717, 1.165) is 13.1 Å². The average Bonchev–Trinajstić information content (AvgIpc) is 3.16. The van der Waals surface area contributed by atoms with E-state index < -0.39 is 5.82 Å². The van der Waals surface area contributed by atoms with Crippen molar-refractivity contribution in [3.8, 4) is 0 Å². The largest absolute Gasteiger partial charge is 0.331 e. The minimum Gasteiger partial charge on any atom is -0.331 e. The van der Waals surface area contributed by atoms with Gasteiger partial charge in [-0.2, -0.15) is 0 Å².